The van der Waals surface area contributed by atoms with Gasteiger partial charge in [-0.25, -0.2) is 0 Å². The molecule has 0 spiro atoms. The van der Waals surface area contributed by atoms with Gasteiger partial charge in [-0.05, 0) is 23.8 Å². The van der Waals surface area contributed by atoms with E-state index in [2.05, 4.69) is 4.99 Å². The van der Waals surface area contributed by atoms with Crippen molar-refractivity contribution < 1.29 is 10.0 Å². The number of benzene rings is 2. The molecule has 6 nitrogen and oxygen atoms in total. The van der Waals surface area contributed by atoms with E-state index in [9.17, 15) is 15.2 Å². The van der Waals surface area contributed by atoms with Crippen LogP contribution in [0.15, 0.2) is 47.5 Å². The fourth-order valence-electron chi connectivity index (χ4n) is 1.74. The zero-order valence-electron chi connectivity index (χ0n) is 10.9. The number of nitriles is 1. The molecule has 0 radical (unpaired) electrons. The zero-order valence-corrected chi connectivity index (χ0v) is 10.9. The number of phenolic OH excluding ortho intramolecular Hbond substituents is 1. The van der Waals surface area contributed by atoms with Crippen molar-refractivity contribution in [2.45, 2.75) is 6.42 Å². The molecule has 0 atom stereocenters. The van der Waals surface area contributed by atoms with Gasteiger partial charge in [0.2, 0.25) is 0 Å². The monoisotopic (exact) mass is 281 g/mol. The summed E-state index contributed by atoms with van der Waals surface area (Å²) in [7, 11) is 0. The molecule has 0 heterocycles. The SMILES string of the molecule is N#CCc1cccc(N=Cc2cc([N+](=O)[O-])ccc2O)c1. The average molecular weight is 281 g/mol. The number of phenols is 1. The van der Waals surface area contributed by atoms with E-state index in [1.807, 2.05) is 12.1 Å². The standard InChI is InChI=1S/C15H11N3O3/c16-7-6-11-2-1-3-13(8-11)17-10-12-9-14(18(20)21)4-5-15(12)19/h1-5,8-10,19H,6H2. The molecule has 0 bridgehead atoms. The van der Waals surface area contributed by atoms with Crippen LogP contribution in [0.4, 0.5) is 11.4 Å². The van der Waals surface area contributed by atoms with Gasteiger partial charge in [-0.2, -0.15) is 5.26 Å². The molecule has 0 amide bonds. The minimum absolute atomic E-state index is 0.0856. The smallest absolute Gasteiger partial charge is 0.270 e. The third-order valence-corrected chi connectivity index (χ3v) is 2.77. The van der Waals surface area contributed by atoms with Gasteiger partial charge >= 0.3 is 0 Å². The largest absolute Gasteiger partial charge is 0.507 e. The van der Waals surface area contributed by atoms with Gasteiger partial charge in [0.25, 0.3) is 5.69 Å². The van der Waals surface area contributed by atoms with Gasteiger partial charge in [0.05, 0.1) is 23.1 Å². The van der Waals surface area contributed by atoms with Crippen molar-refractivity contribution in [3.63, 3.8) is 0 Å². The van der Waals surface area contributed by atoms with Crippen molar-refractivity contribution in [1.29, 1.82) is 5.26 Å². The Morgan fingerprint density at radius 1 is 1.33 bits per heavy atom. The first-order valence-corrected chi connectivity index (χ1v) is 6.07. The number of hydrogen-bond acceptors (Lipinski definition) is 5. The van der Waals surface area contributed by atoms with E-state index in [0.717, 1.165) is 5.56 Å². The first kappa shape index (κ1) is 14.2. The second-order valence-corrected chi connectivity index (χ2v) is 4.26. The van der Waals surface area contributed by atoms with E-state index in [1.54, 1.807) is 18.2 Å². The van der Waals surface area contributed by atoms with Crippen LogP contribution in [0.2, 0.25) is 0 Å². The first-order chi connectivity index (χ1) is 10.1. The minimum atomic E-state index is -0.537. The number of rotatable bonds is 4. The Labute approximate surface area is 120 Å². The van der Waals surface area contributed by atoms with E-state index in [0.29, 0.717) is 5.69 Å². The molecule has 1 N–H and O–H groups in total. The van der Waals surface area contributed by atoms with Crippen LogP contribution in [0, 0.1) is 21.4 Å². The van der Waals surface area contributed by atoms with Crippen molar-refractivity contribution in [3.8, 4) is 11.8 Å². The number of aromatic hydroxyl groups is 1. The quantitative estimate of drug-likeness (QED) is 0.528. The van der Waals surface area contributed by atoms with E-state index in [-0.39, 0.29) is 23.4 Å². The zero-order chi connectivity index (χ0) is 15.2. The molecule has 0 saturated carbocycles. The van der Waals surface area contributed by atoms with Gasteiger partial charge in [0.1, 0.15) is 5.75 Å². The topological polar surface area (TPSA) is 99.5 Å². The molecular formula is C15H11N3O3. The third kappa shape index (κ3) is 3.64. The van der Waals surface area contributed by atoms with Crippen molar-refractivity contribution in [3.05, 3.63) is 63.7 Å². The van der Waals surface area contributed by atoms with Gasteiger partial charge in [-0.1, -0.05) is 12.1 Å². The van der Waals surface area contributed by atoms with Gasteiger partial charge in [-0.15, -0.1) is 0 Å². The summed E-state index contributed by atoms with van der Waals surface area (Å²) in [6, 6.07) is 12.8. The fraction of sp³-hybridized carbons (Fsp3) is 0.0667. The molecule has 2 aromatic carbocycles. The van der Waals surface area contributed by atoms with Crippen LogP contribution in [0.5, 0.6) is 5.75 Å². The highest BCUT2D eigenvalue weighted by molar-refractivity contribution is 5.86. The molecule has 0 aliphatic heterocycles. The molecule has 0 aliphatic rings. The number of aliphatic imine (C=N–C) groups is 1. The Morgan fingerprint density at radius 2 is 2.14 bits per heavy atom. The molecule has 0 aliphatic carbocycles. The molecule has 0 unspecified atom stereocenters. The summed E-state index contributed by atoms with van der Waals surface area (Å²) in [6.45, 7) is 0. The summed E-state index contributed by atoms with van der Waals surface area (Å²) in [5.41, 5.74) is 1.58. The van der Waals surface area contributed by atoms with Crippen molar-refractivity contribution in [2.75, 3.05) is 0 Å². The molecule has 2 aromatic rings. The van der Waals surface area contributed by atoms with Crippen LogP contribution < -0.4 is 0 Å². The minimum Gasteiger partial charge on any atom is -0.507 e. The van der Waals surface area contributed by atoms with Gasteiger partial charge in [-0.3, -0.25) is 15.1 Å². The van der Waals surface area contributed by atoms with Crippen LogP contribution in [0.1, 0.15) is 11.1 Å². The number of hydrogen-bond donors (Lipinski definition) is 1. The van der Waals surface area contributed by atoms with E-state index < -0.39 is 4.92 Å². The highest BCUT2D eigenvalue weighted by Crippen LogP contribution is 2.22. The lowest BCUT2D eigenvalue weighted by Crippen LogP contribution is -1.90. The van der Waals surface area contributed by atoms with Crippen molar-refractivity contribution in [1.82, 2.24) is 0 Å². The molecule has 0 fully saturated rings. The lowest BCUT2D eigenvalue weighted by molar-refractivity contribution is -0.384. The second-order valence-electron chi connectivity index (χ2n) is 4.26. The lowest BCUT2D eigenvalue weighted by atomic mass is 10.1. The summed E-state index contributed by atoms with van der Waals surface area (Å²) < 4.78 is 0. The molecule has 21 heavy (non-hydrogen) atoms. The Bertz CT molecular complexity index is 748. The van der Waals surface area contributed by atoms with Crippen LogP contribution in [0.25, 0.3) is 0 Å². The maximum Gasteiger partial charge on any atom is 0.270 e. The van der Waals surface area contributed by atoms with Gasteiger partial charge < -0.3 is 5.11 Å². The maximum atomic E-state index is 10.7. The third-order valence-electron chi connectivity index (χ3n) is 2.77. The number of nitrogens with zero attached hydrogens (tertiary/aromatic N) is 3. The second kappa shape index (κ2) is 6.30. The molecule has 104 valence electrons. The number of nitro benzene ring substituents is 1. The Morgan fingerprint density at radius 3 is 2.86 bits per heavy atom. The molecule has 2 rings (SSSR count). The van der Waals surface area contributed by atoms with E-state index in [4.69, 9.17) is 5.26 Å². The van der Waals surface area contributed by atoms with Crippen LogP contribution in [0.3, 0.4) is 0 Å². The Kier molecular flexibility index (Phi) is 4.26. The molecular weight excluding hydrogens is 270 g/mol. The van der Waals surface area contributed by atoms with Crippen molar-refractivity contribution >= 4 is 17.6 Å². The van der Waals surface area contributed by atoms with E-state index in [1.165, 1.54) is 24.4 Å². The Balaban J connectivity index is 2.29. The molecule has 6 heteroatoms. The Hall–Kier alpha value is -3.20. The van der Waals surface area contributed by atoms with Gasteiger partial charge in [0, 0.05) is 23.9 Å². The average Bonchev–Trinajstić information content (AvgIpc) is 2.47. The first-order valence-electron chi connectivity index (χ1n) is 6.07. The highest BCUT2D eigenvalue weighted by Gasteiger charge is 2.08. The van der Waals surface area contributed by atoms with Crippen LogP contribution in [-0.4, -0.2) is 16.2 Å². The summed E-state index contributed by atoms with van der Waals surface area (Å²) in [6.07, 6.45) is 1.64. The van der Waals surface area contributed by atoms with Gasteiger partial charge in [0.15, 0.2) is 0 Å². The predicted octanol–water partition coefficient (Wildman–Crippen LogP) is 3.12. The van der Waals surface area contributed by atoms with Crippen molar-refractivity contribution in [2.24, 2.45) is 4.99 Å². The number of non-ortho nitro benzene ring substituents is 1. The normalized spacial score (nSPS) is 10.4. The highest BCUT2D eigenvalue weighted by atomic mass is 16.6. The summed E-state index contributed by atoms with van der Waals surface area (Å²) in [5.74, 6) is -0.0856. The molecule has 0 aromatic heterocycles. The van der Waals surface area contributed by atoms with E-state index >= 15 is 0 Å². The van der Waals surface area contributed by atoms with Crippen LogP contribution >= 0.6 is 0 Å². The molecule has 0 saturated heterocycles. The summed E-state index contributed by atoms with van der Waals surface area (Å²) in [4.78, 5) is 14.3. The maximum absolute atomic E-state index is 10.7. The number of nitro groups is 1. The van der Waals surface area contributed by atoms with Crippen LogP contribution in [-0.2, 0) is 6.42 Å². The lowest BCUT2D eigenvalue weighted by Gasteiger charge is -2.00. The summed E-state index contributed by atoms with van der Waals surface area (Å²) in [5, 5.41) is 29.0. The summed E-state index contributed by atoms with van der Waals surface area (Å²) >= 11 is 0. The fourth-order valence-corrected chi connectivity index (χ4v) is 1.74. The predicted molar refractivity (Wildman–Crippen MR) is 77.8 cm³/mol.